The highest BCUT2D eigenvalue weighted by molar-refractivity contribution is 5.38. The Morgan fingerprint density at radius 1 is 1.07 bits per heavy atom. The van der Waals surface area contributed by atoms with Crippen LogP contribution in [0.25, 0.3) is 0 Å². The minimum Gasteiger partial charge on any atom is -0.330 e. The summed E-state index contributed by atoms with van der Waals surface area (Å²) >= 11 is 0. The lowest BCUT2D eigenvalue weighted by molar-refractivity contribution is 0.637. The summed E-state index contributed by atoms with van der Waals surface area (Å²) in [4.78, 5) is 0. The van der Waals surface area contributed by atoms with Crippen LogP contribution >= 0.6 is 0 Å². The van der Waals surface area contributed by atoms with E-state index in [-0.39, 0.29) is 0 Å². The van der Waals surface area contributed by atoms with Gasteiger partial charge in [0.1, 0.15) is 0 Å². The highest BCUT2D eigenvalue weighted by Crippen LogP contribution is 2.26. The second kappa shape index (κ2) is 5.32. The Kier molecular flexibility index (Phi) is 4.34. The maximum absolute atomic E-state index is 5.55. The predicted octanol–water partition coefficient (Wildman–Crippen LogP) is 3.45. The summed E-state index contributed by atoms with van der Waals surface area (Å²) in [6.45, 7) is 9.67. The third kappa shape index (κ3) is 3.07. The van der Waals surface area contributed by atoms with E-state index in [2.05, 4.69) is 39.8 Å². The van der Waals surface area contributed by atoms with Gasteiger partial charge in [-0.05, 0) is 68.3 Å². The molecule has 1 rings (SSSR count). The van der Waals surface area contributed by atoms with E-state index in [9.17, 15) is 0 Å². The van der Waals surface area contributed by atoms with Gasteiger partial charge in [-0.3, -0.25) is 0 Å². The fourth-order valence-electron chi connectivity index (χ4n) is 2.09. The molecule has 0 aliphatic rings. The number of aryl methyl sites for hydroxylation is 3. The van der Waals surface area contributed by atoms with Gasteiger partial charge in [-0.1, -0.05) is 19.1 Å². The molecule has 1 aromatic carbocycles. The summed E-state index contributed by atoms with van der Waals surface area (Å²) in [5.41, 5.74) is 11.2. The van der Waals surface area contributed by atoms with E-state index >= 15 is 0 Å². The van der Waals surface area contributed by atoms with Crippen LogP contribution in [0, 0.1) is 20.8 Å². The molecule has 0 bridgehead atoms. The van der Waals surface area contributed by atoms with Crippen LogP contribution in [0.1, 0.15) is 47.9 Å². The van der Waals surface area contributed by atoms with Crippen molar-refractivity contribution in [2.75, 3.05) is 6.54 Å². The molecule has 1 aromatic rings. The maximum Gasteiger partial charge on any atom is -0.00771 e. The summed E-state index contributed by atoms with van der Waals surface area (Å²) in [6.07, 6.45) is 2.31. The molecular formula is C14H23N. The first-order valence-corrected chi connectivity index (χ1v) is 5.84. The number of nitrogens with two attached hydrogens (primary N) is 1. The number of benzene rings is 1. The summed E-state index contributed by atoms with van der Waals surface area (Å²) < 4.78 is 0. The molecule has 0 aliphatic carbocycles. The lowest BCUT2D eigenvalue weighted by atomic mass is 9.90. The molecule has 84 valence electrons. The average molecular weight is 205 g/mol. The van der Waals surface area contributed by atoms with Crippen molar-refractivity contribution in [2.24, 2.45) is 5.73 Å². The Hall–Kier alpha value is -0.820. The lowest BCUT2D eigenvalue weighted by Gasteiger charge is -2.16. The highest BCUT2D eigenvalue weighted by atomic mass is 14.5. The SMILES string of the molecule is Cc1cc(C)c(C(C)CCCN)cc1C. The first-order chi connectivity index (χ1) is 7.06. The van der Waals surface area contributed by atoms with Crippen LogP contribution in [0.4, 0.5) is 0 Å². The zero-order valence-corrected chi connectivity index (χ0v) is 10.4. The van der Waals surface area contributed by atoms with Crippen molar-refractivity contribution in [3.63, 3.8) is 0 Å². The molecule has 15 heavy (non-hydrogen) atoms. The van der Waals surface area contributed by atoms with Crippen molar-refractivity contribution in [2.45, 2.75) is 46.5 Å². The first-order valence-electron chi connectivity index (χ1n) is 5.84. The van der Waals surface area contributed by atoms with E-state index in [4.69, 9.17) is 5.73 Å². The van der Waals surface area contributed by atoms with Gasteiger partial charge in [0, 0.05) is 0 Å². The van der Waals surface area contributed by atoms with Crippen LogP contribution in [0.3, 0.4) is 0 Å². The maximum atomic E-state index is 5.55. The molecule has 0 saturated carbocycles. The van der Waals surface area contributed by atoms with Crippen LogP contribution in [0.15, 0.2) is 12.1 Å². The monoisotopic (exact) mass is 205 g/mol. The smallest absolute Gasteiger partial charge is 0.00771 e. The second-order valence-electron chi connectivity index (χ2n) is 4.63. The third-order valence-electron chi connectivity index (χ3n) is 3.25. The molecule has 1 nitrogen and oxygen atoms in total. The van der Waals surface area contributed by atoms with Crippen molar-refractivity contribution in [1.29, 1.82) is 0 Å². The summed E-state index contributed by atoms with van der Waals surface area (Å²) in [7, 11) is 0. The molecule has 1 heteroatoms. The minimum atomic E-state index is 0.632. The number of hydrogen-bond donors (Lipinski definition) is 1. The topological polar surface area (TPSA) is 26.0 Å². The third-order valence-corrected chi connectivity index (χ3v) is 3.25. The van der Waals surface area contributed by atoms with E-state index in [1.807, 2.05) is 0 Å². The lowest BCUT2D eigenvalue weighted by Crippen LogP contribution is -2.03. The van der Waals surface area contributed by atoms with Gasteiger partial charge in [-0.15, -0.1) is 0 Å². The van der Waals surface area contributed by atoms with E-state index < -0.39 is 0 Å². The highest BCUT2D eigenvalue weighted by Gasteiger charge is 2.09. The normalized spacial score (nSPS) is 12.9. The molecule has 1 atom stereocenters. The molecular weight excluding hydrogens is 182 g/mol. The molecule has 1 unspecified atom stereocenters. The number of rotatable bonds is 4. The van der Waals surface area contributed by atoms with Crippen molar-refractivity contribution in [3.05, 3.63) is 34.4 Å². The second-order valence-corrected chi connectivity index (χ2v) is 4.63. The molecule has 0 spiro atoms. The molecule has 0 saturated heterocycles. The number of hydrogen-bond acceptors (Lipinski definition) is 1. The predicted molar refractivity (Wildman–Crippen MR) is 67.4 cm³/mol. The van der Waals surface area contributed by atoms with Crippen LogP contribution in [0.2, 0.25) is 0 Å². The zero-order chi connectivity index (χ0) is 11.4. The Balaban J connectivity index is 2.88. The van der Waals surface area contributed by atoms with Crippen LogP contribution < -0.4 is 5.73 Å². The fraction of sp³-hybridized carbons (Fsp3) is 0.571. The first kappa shape index (κ1) is 12.3. The van der Waals surface area contributed by atoms with Gasteiger partial charge in [0.15, 0.2) is 0 Å². The van der Waals surface area contributed by atoms with E-state index in [1.165, 1.54) is 28.7 Å². The summed E-state index contributed by atoms with van der Waals surface area (Å²) in [5.74, 6) is 0.632. The van der Waals surface area contributed by atoms with Crippen LogP contribution in [0.5, 0.6) is 0 Å². The van der Waals surface area contributed by atoms with Crippen molar-refractivity contribution < 1.29 is 0 Å². The van der Waals surface area contributed by atoms with Gasteiger partial charge in [-0.25, -0.2) is 0 Å². The quantitative estimate of drug-likeness (QED) is 0.800. The van der Waals surface area contributed by atoms with Crippen molar-refractivity contribution in [1.82, 2.24) is 0 Å². The summed E-state index contributed by atoms with van der Waals surface area (Å²) in [6, 6.07) is 4.63. The largest absolute Gasteiger partial charge is 0.330 e. The van der Waals surface area contributed by atoms with Gasteiger partial charge in [0.2, 0.25) is 0 Å². The Bertz CT molecular complexity index is 328. The molecule has 0 radical (unpaired) electrons. The molecule has 0 heterocycles. The van der Waals surface area contributed by atoms with Gasteiger partial charge in [-0.2, -0.15) is 0 Å². The zero-order valence-electron chi connectivity index (χ0n) is 10.4. The van der Waals surface area contributed by atoms with E-state index in [0.29, 0.717) is 5.92 Å². The van der Waals surface area contributed by atoms with Crippen molar-refractivity contribution in [3.8, 4) is 0 Å². The molecule has 0 amide bonds. The van der Waals surface area contributed by atoms with E-state index in [0.717, 1.165) is 13.0 Å². The molecule has 0 aromatic heterocycles. The van der Waals surface area contributed by atoms with E-state index in [1.54, 1.807) is 0 Å². The molecule has 0 aliphatic heterocycles. The summed E-state index contributed by atoms with van der Waals surface area (Å²) in [5, 5.41) is 0. The van der Waals surface area contributed by atoms with Crippen LogP contribution in [-0.4, -0.2) is 6.54 Å². The standard InChI is InChI=1S/C14H23N/c1-10(6-5-7-15)14-9-12(3)11(2)8-13(14)4/h8-10H,5-7,15H2,1-4H3. The Morgan fingerprint density at radius 3 is 2.27 bits per heavy atom. The fourth-order valence-corrected chi connectivity index (χ4v) is 2.09. The Morgan fingerprint density at radius 2 is 1.67 bits per heavy atom. The van der Waals surface area contributed by atoms with Gasteiger partial charge >= 0.3 is 0 Å². The average Bonchev–Trinajstić information content (AvgIpc) is 2.20. The minimum absolute atomic E-state index is 0.632. The van der Waals surface area contributed by atoms with Crippen LogP contribution in [-0.2, 0) is 0 Å². The molecule has 0 fully saturated rings. The van der Waals surface area contributed by atoms with Gasteiger partial charge in [0.25, 0.3) is 0 Å². The van der Waals surface area contributed by atoms with Gasteiger partial charge < -0.3 is 5.73 Å². The van der Waals surface area contributed by atoms with Crippen molar-refractivity contribution >= 4 is 0 Å². The van der Waals surface area contributed by atoms with Gasteiger partial charge in [0.05, 0.1) is 0 Å². The Labute approximate surface area is 93.7 Å². The molecule has 2 N–H and O–H groups in total.